The highest BCUT2D eigenvalue weighted by Crippen LogP contribution is 2.24. The lowest BCUT2D eigenvalue weighted by atomic mass is 10.1. The first-order valence-corrected chi connectivity index (χ1v) is 8.83. The Labute approximate surface area is 158 Å². The fourth-order valence-corrected chi connectivity index (χ4v) is 2.44. The molecule has 0 saturated heterocycles. The second kappa shape index (κ2) is 9.52. The van der Waals surface area contributed by atoms with Gasteiger partial charge < -0.3 is 15.4 Å². The Morgan fingerprint density at radius 3 is 2.19 bits per heavy atom. The Bertz CT molecular complexity index is 829. The molecule has 2 N–H and O–H groups in total. The first-order chi connectivity index (χ1) is 12.9. The lowest BCUT2D eigenvalue weighted by Crippen LogP contribution is -2.20. The highest BCUT2D eigenvalue weighted by Gasteiger charge is 2.13. The van der Waals surface area contributed by atoms with Crippen molar-refractivity contribution >= 4 is 29.0 Å². The fourth-order valence-electron chi connectivity index (χ4n) is 2.44. The molecule has 0 aromatic heterocycles. The third kappa shape index (κ3) is 6.26. The van der Waals surface area contributed by atoms with E-state index in [1.807, 2.05) is 38.1 Å². The number of benzene rings is 2. The molecule has 0 bridgehead atoms. The molecule has 2 aromatic carbocycles. The normalized spacial score (nSPS) is 10.2. The Morgan fingerprint density at radius 1 is 0.926 bits per heavy atom. The summed E-state index contributed by atoms with van der Waals surface area (Å²) in [5.41, 5.74) is 2.61. The van der Waals surface area contributed by atoms with Crippen molar-refractivity contribution in [3.63, 3.8) is 0 Å². The van der Waals surface area contributed by atoms with Crippen molar-refractivity contribution in [2.75, 3.05) is 17.2 Å². The van der Waals surface area contributed by atoms with E-state index in [4.69, 9.17) is 4.74 Å². The van der Waals surface area contributed by atoms with Gasteiger partial charge in [-0.3, -0.25) is 14.4 Å². The van der Waals surface area contributed by atoms with Crippen LogP contribution in [0.1, 0.15) is 42.6 Å². The summed E-state index contributed by atoms with van der Waals surface area (Å²) in [5, 5.41) is 5.48. The number of carbonyl (C=O) groups excluding carboxylic acids is 3. The summed E-state index contributed by atoms with van der Waals surface area (Å²) in [6, 6.07) is 12.2. The van der Waals surface area contributed by atoms with Crippen LogP contribution in [0.2, 0.25) is 0 Å². The third-order valence-electron chi connectivity index (χ3n) is 3.81. The van der Waals surface area contributed by atoms with Gasteiger partial charge in [-0.25, -0.2) is 0 Å². The topological polar surface area (TPSA) is 84.5 Å². The number of nitrogens with one attached hydrogen (secondary N) is 2. The molecule has 0 atom stereocenters. The van der Waals surface area contributed by atoms with E-state index in [1.54, 1.807) is 18.2 Å². The standard InChI is InChI=1S/C21H24N2O4/c1-4-5-20(25)23-17-10-11-19(18(12-17)15(3)24)27-13-21(26)22-16-8-6-14(2)7-9-16/h6-12H,4-5,13H2,1-3H3,(H,22,26)(H,23,25). The third-order valence-corrected chi connectivity index (χ3v) is 3.81. The van der Waals surface area contributed by atoms with Gasteiger partial charge in [0.25, 0.3) is 5.91 Å². The zero-order chi connectivity index (χ0) is 19.8. The van der Waals surface area contributed by atoms with Gasteiger partial charge in [-0.2, -0.15) is 0 Å². The smallest absolute Gasteiger partial charge is 0.262 e. The molecular weight excluding hydrogens is 344 g/mol. The summed E-state index contributed by atoms with van der Waals surface area (Å²) in [7, 11) is 0. The summed E-state index contributed by atoms with van der Waals surface area (Å²) in [6.07, 6.45) is 1.15. The molecule has 6 nitrogen and oxygen atoms in total. The largest absolute Gasteiger partial charge is 0.483 e. The van der Waals surface area contributed by atoms with Gasteiger partial charge in [0.15, 0.2) is 12.4 Å². The first-order valence-electron chi connectivity index (χ1n) is 8.83. The van der Waals surface area contributed by atoms with E-state index >= 15 is 0 Å². The van der Waals surface area contributed by atoms with Crippen LogP contribution in [-0.2, 0) is 9.59 Å². The number of ketones is 1. The van der Waals surface area contributed by atoms with Gasteiger partial charge in [-0.15, -0.1) is 0 Å². The molecule has 27 heavy (non-hydrogen) atoms. The summed E-state index contributed by atoms with van der Waals surface area (Å²) >= 11 is 0. The monoisotopic (exact) mass is 368 g/mol. The Kier molecular flexibility index (Phi) is 7.11. The van der Waals surface area contributed by atoms with Crippen molar-refractivity contribution < 1.29 is 19.1 Å². The van der Waals surface area contributed by atoms with E-state index in [2.05, 4.69) is 10.6 Å². The summed E-state index contributed by atoms with van der Waals surface area (Å²) < 4.78 is 5.52. The maximum atomic E-state index is 12.1. The maximum absolute atomic E-state index is 12.1. The minimum absolute atomic E-state index is 0.113. The Morgan fingerprint density at radius 2 is 1.56 bits per heavy atom. The molecule has 0 aliphatic carbocycles. The summed E-state index contributed by atoms with van der Waals surface area (Å²) in [4.78, 5) is 35.7. The number of hydrogen-bond donors (Lipinski definition) is 2. The highest BCUT2D eigenvalue weighted by atomic mass is 16.5. The van der Waals surface area contributed by atoms with Crippen LogP contribution in [0.25, 0.3) is 0 Å². The minimum atomic E-state index is -0.325. The predicted octanol–water partition coefficient (Wildman–Crippen LogP) is 3.95. The summed E-state index contributed by atoms with van der Waals surface area (Å²) in [5.74, 6) is -0.350. The van der Waals surface area contributed by atoms with Gasteiger partial charge in [0.1, 0.15) is 5.75 Å². The number of amides is 2. The van der Waals surface area contributed by atoms with E-state index in [0.717, 1.165) is 12.0 Å². The predicted molar refractivity (Wildman–Crippen MR) is 105 cm³/mol. The number of anilines is 2. The molecule has 0 aliphatic heterocycles. The second-order valence-electron chi connectivity index (χ2n) is 6.27. The molecular formula is C21H24N2O4. The number of carbonyl (C=O) groups is 3. The molecule has 2 rings (SSSR count). The van der Waals surface area contributed by atoms with E-state index in [0.29, 0.717) is 29.1 Å². The average Bonchev–Trinajstić information content (AvgIpc) is 2.62. The number of Topliss-reactive ketones (excluding diaryl/α,β-unsaturated/α-hetero) is 1. The second-order valence-corrected chi connectivity index (χ2v) is 6.27. The van der Waals surface area contributed by atoms with Crippen LogP contribution in [0.15, 0.2) is 42.5 Å². The maximum Gasteiger partial charge on any atom is 0.262 e. The van der Waals surface area contributed by atoms with Gasteiger partial charge in [0.2, 0.25) is 5.91 Å². The zero-order valence-corrected chi connectivity index (χ0v) is 15.8. The van der Waals surface area contributed by atoms with Crippen LogP contribution in [0.5, 0.6) is 5.75 Å². The van der Waals surface area contributed by atoms with E-state index in [1.165, 1.54) is 6.92 Å². The Balaban J connectivity index is 2.02. The molecule has 0 aliphatic rings. The molecule has 142 valence electrons. The molecule has 0 fully saturated rings. The number of ether oxygens (including phenoxy) is 1. The minimum Gasteiger partial charge on any atom is -0.483 e. The van der Waals surface area contributed by atoms with Crippen LogP contribution >= 0.6 is 0 Å². The van der Waals surface area contributed by atoms with Crippen LogP contribution in [-0.4, -0.2) is 24.2 Å². The molecule has 2 amide bonds. The highest BCUT2D eigenvalue weighted by molar-refractivity contribution is 5.99. The number of hydrogen-bond acceptors (Lipinski definition) is 4. The van der Waals surface area contributed by atoms with Crippen LogP contribution in [0.4, 0.5) is 11.4 Å². The van der Waals surface area contributed by atoms with Crippen molar-refractivity contribution in [2.45, 2.75) is 33.6 Å². The lowest BCUT2D eigenvalue weighted by molar-refractivity contribution is -0.118. The van der Waals surface area contributed by atoms with Gasteiger partial charge >= 0.3 is 0 Å². The first kappa shape index (κ1) is 20.2. The quantitative estimate of drug-likeness (QED) is 0.691. The fraction of sp³-hybridized carbons (Fsp3) is 0.286. The van der Waals surface area contributed by atoms with Crippen LogP contribution in [0, 0.1) is 6.92 Å². The van der Waals surface area contributed by atoms with Crippen molar-refractivity contribution in [1.29, 1.82) is 0 Å². The van der Waals surface area contributed by atoms with E-state index < -0.39 is 0 Å². The molecule has 0 heterocycles. The SMILES string of the molecule is CCCC(=O)Nc1ccc(OCC(=O)Nc2ccc(C)cc2)c(C(C)=O)c1. The van der Waals surface area contributed by atoms with Gasteiger partial charge in [0, 0.05) is 17.8 Å². The molecule has 2 aromatic rings. The molecule has 0 unspecified atom stereocenters. The van der Waals surface area contributed by atoms with Crippen molar-refractivity contribution in [2.24, 2.45) is 0 Å². The Hall–Kier alpha value is -3.15. The van der Waals surface area contributed by atoms with Gasteiger partial charge in [0.05, 0.1) is 5.56 Å². The number of rotatable bonds is 8. The average molecular weight is 368 g/mol. The molecule has 0 radical (unpaired) electrons. The van der Waals surface area contributed by atoms with Crippen molar-refractivity contribution in [1.82, 2.24) is 0 Å². The molecule has 0 spiro atoms. The van der Waals surface area contributed by atoms with E-state index in [9.17, 15) is 14.4 Å². The molecule has 0 saturated carbocycles. The van der Waals surface area contributed by atoms with E-state index in [-0.39, 0.29) is 24.2 Å². The van der Waals surface area contributed by atoms with Crippen molar-refractivity contribution in [3.05, 3.63) is 53.6 Å². The number of aryl methyl sites for hydroxylation is 1. The molecule has 6 heteroatoms. The summed E-state index contributed by atoms with van der Waals surface area (Å²) in [6.45, 7) is 5.06. The van der Waals surface area contributed by atoms with Crippen LogP contribution in [0.3, 0.4) is 0 Å². The van der Waals surface area contributed by atoms with Crippen LogP contribution < -0.4 is 15.4 Å². The lowest BCUT2D eigenvalue weighted by Gasteiger charge is -2.12. The zero-order valence-electron chi connectivity index (χ0n) is 15.8. The van der Waals surface area contributed by atoms with Crippen molar-refractivity contribution in [3.8, 4) is 5.75 Å². The van der Waals surface area contributed by atoms with Gasteiger partial charge in [-0.1, -0.05) is 24.6 Å². The van der Waals surface area contributed by atoms with Gasteiger partial charge in [-0.05, 0) is 50.6 Å².